The van der Waals surface area contributed by atoms with Gasteiger partial charge in [-0.1, -0.05) is 36.4 Å². The van der Waals surface area contributed by atoms with E-state index in [1.807, 2.05) is 60.7 Å². The van der Waals surface area contributed by atoms with Gasteiger partial charge in [-0.2, -0.15) is 0 Å². The van der Waals surface area contributed by atoms with Crippen molar-refractivity contribution < 1.29 is 9.53 Å². The maximum Gasteiger partial charge on any atom is 0.291 e. The highest BCUT2D eigenvalue weighted by Crippen LogP contribution is 2.19. The minimum Gasteiger partial charge on any atom is -0.497 e. The van der Waals surface area contributed by atoms with E-state index in [1.165, 1.54) is 0 Å². The van der Waals surface area contributed by atoms with E-state index in [-0.39, 0.29) is 11.7 Å². The summed E-state index contributed by atoms with van der Waals surface area (Å²) in [6.07, 6.45) is 0. The molecule has 0 heterocycles. The molecule has 0 aromatic heterocycles. The van der Waals surface area contributed by atoms with E-state index in [0.717, 1.165) is 11.4 Å². The zero-order valence-electron chi connectivity index (χ0n) is 14.3. The smallest absolute Gasteiger partial charge is 0.291 e. The van der Waals surface area contributed by atoms with Gasteiger partial charge in [0.1, 0.15) is 5.75 Å². The van der Waals surface area contributed by atoms with Crippen LogP contribution in [0.15, 0.2) is 89.9 Å². The molecule has 0 saturated heterocycles. The molecule has 2 N–H and O–H groups in total. The molecule has 26 heavy (non-hydrogen) atoms. The molecule has 0 atom stereocenters. The summed E-state index contributed by atoms with van der Waals surface area (Å²) in [6.45, 7) is 0. The number of methoxy groups -OCH3 is 1. The number of para-hydroxylation sites is 2. The SMILES string of the molecule is COc1ccc(N=C(Nc2ccccc2)C(=O)Nc2ccccc2)cc1. The van der Waals surface area contributed by atoms with Crippen LogP contribution in [0, 0.1) is 0 Å². The Balaban J connectivity index is 1.87. The average Bonchev–Trinajstić information content (AvgIpc) is 2.69. The normalized spacial score (nSPS) is 10.9. The van der Waals surface area contributed by atoms with Crippen LogP contribution in [0.3, 0.4) is 0 Å². The predicted molar refractivity (Wildman–Crippen MR) is 105 cm³/mol. The summed E-state index contributed by atoms with van der Waals surface area (Å²) in [4.78, 5) is 17.2. The van der Waals surface area contributed by atoms with Gasteiger partial charge in [0.25, 0.3) is 5.91 Å². The van der Waals surface area contributed by atoms with Gasteiger partial charge in [0, 0.05) is 11.4 Å². The van der Waals surface area contributed by atoms with Crippen molar-refractivity contribution in [2.75, 3.05) is 17.7 Å². The minimum absolute atomic E-state index is 0.199. The van der Waals surface area contributed by atoms with Crippen LogP contribution in [0.5, 0.6) is 5.75 Å². The molecule has 5 nitrogen and oxygen atoms in total. The summed E-state index contributed by atoms with van der Waals surface area (Å²) in [5.41, 5.74) is 2.13. The van der Waals surface area contributed by atoms with E-state index in [0.29, 0.717) is 11.4 Å². The number of aliphatic imine (C=N–C) groups is 1. The number of benzene rings is 3. The number of nitrogens with zero attached hydrogens (tertiary/aromatic N) is 1. The van der Waals surface area contributed by atoms with Gasteiger partial charge in [-0.05, 0) is 48.5 Å². The van der Waals surface area contributed by atoms with Gasteiger partial charge in [0.15, 0.2) is 5.84 Å². The second-order valence-electron chi connectivity index (χ2n) is 5.47. The van der Waals surface area contributed by atoms with Crippen molar-refractivity contribution >= 4 is 28.8 Å². The largest absolute Gasteiger partial charge is 0.497 e. The van der Waals surface area contributed by atoms with Gasteiger partial charge in [0.2, 0.25) is 0 Å². The molecule has 130 valence electrons. The summed E-state index contributed by atoms with van der Waals surface area (Å²) in [6, 6.07) is 25.9. The Morgan fingerprint density at radius 3 is 1.85 bits per heavy atom. The van der Waals surface area contributed by atoms with Crippen molar-refractivity contribution in [3.63, 3.8) is 0 Å². The van der Waals surface area contributed by atoms with Crippen molar-refractivity contribution in [2.24, 2.45) is 4.99 Å². The van der Waals surface area contributed by atoms with Crippen LogP contribution in [0.2, 0.25) is 0 Å². The van der Waals surface area contributed by atoms with Crippen LogP contribution in [0.1, 0.15) is 0 Å². The zero-order valence-corrected chi connectivity index (χ0v) is 14.3. The molecule has 0 saturated carbocycles. The highest BCUT2D eigenvalue weighted by Gasteiger charge is 2.12. The summed E-state index contributed by atoms with van der Waals surface area (Å²) < 4.78 is 5.15. The van der Waals surface area contributed by atoms with Gasteiger partial charge < -0.3 is 15.4 Å². The van der Waals surface area contributed by atoms with Crippen LogP contribution in [-0.4, -0.2) is 18.9 Å². The third kappa shape index (κ3) is 4.70. The Morgan fingerprint density at radius 2 is 1.31 bits per heavy atom. The lowest BCUT2D eigenvalue weighted by Crippen LogP contribution is -2.29. The fourth-order valence-corrected chi connectivity index (χ4v) is 2.29. The molecule has 0 bridgehead atoms. The fraction of sp³-hybridized carbons (Fsp3) is 0.0476. The number of amides is 1. The molecule has 0 aliphatic heterocycles. The number of ether oxygens (including phenoxy) is 1. The number of hydrogen-bond donors (Lipinski definition) is 2. The molecule has 0 aliphatic carbocycles. The second kappa shape index (κ2) is 8.48. The quantitative estimate of drug-likeness (QED) is 0.541. The minimum atomic E-state index is -0.323. The van der Waals surface area contributed by atoms with Crippen molar-refractivity contribution in [1.29, 1.82) is 0 Å². The molecule has 3 aromatic carbocycles. The molecule has 0 fully saturated rings. The molecule has 0 spiro atoms. The first kappa shape index (κ1) is 17.2. The van der Waals surface area contributed by atoms with Crippen LogP contribution in [0.25, 0.3) is 0 Å². The number of amidine groups is 1. The zero-order chi connectivity index (χ0) is 18.2. The molecular weight excluding hydrogens is 326 g/mol. The van der Waals surface area contributed by atoms with Gasteiger partial charge in [-0.25, -0.2) is 4.99 Å². The topological polar surface area (TPSA) is 62.7 Å². The Hall–Kier alpha value is -3.60. The third-order valence-corrected chi connectivity index (χ3v) is 3.60. The lowest BCUT2D eigenvalue weighted by Gasteiger charge is -2.11. The van der Waals surface area contributed by atoms with Crippen LogP contribution in [0.4, 0.5) is 17.1 Å². The molecule has 3 aromatic rings. The molecule has 3 rings (SSSR count). The summed E-state index contributed by atoms with van der Waals surface area (Å²) in [5.74, 6) is 0.608. The number of hydrogen-bond acceptors (Lipinski definition) is 3. The van der Waals surface area contributed by atoms with Gasteiger partial charge in [-0.15, -0.1) is 0 Å². The molecule has 1 amide bonds. The van der Waals surface area contributed by atoms with Crippen molar-refractivity contribution in [2.45, 2.75) is 0 Å². The summed E-state index contributed by atoms with van der Waals surface area (Å²) >= 11 is 0. The Morgan fingerprint density at radius 1 is 0.769 bits per heavy atom. The summed E-state index contributed by atoms with van der Waals surface area (Å²) in [7, 11) is 1.61. The maximum atomic E-state index is 12.7. The van der Waals surface area contributed by atoms with E-state index < -0.39 is 0 Å². The molecule has 0 aliphatic rings. The van der Waals surface area contributed by atoms with Crippen LogP contribution >= 0.6 is 0 Å². The number of nitrogens with one attached hydrogen (secondary N) is 2. The number of rotatable bonds is 4. The first-order valence-electron chi connectivity index (χ1n) is 8.16. The monoisotopic (exact) mass is 345 g/mol. The lowest BCUT2D eigenvalue weighted by molar-refractivity contribution is -0.110. The third-order valence-electron chi connectivity index (χ3n) is 3.60. The lowest BCUT2D eigenvalue weighted by atomic mass is 10.3. The van der Waals surface area contributed by atoms with E-state index in [9.17, 15) is 4.79 Å². The van der Waals surface area contributed by atoms with E-state index in [2.05, 4.69) is 15.6 Å². The van der Waals surface area contributed by atoms with Gasteiger partial charge in [0.05, 0.1) is 12.8 Å². The number of anilines is 2. The number of carbonyl (C=O) groups is 1. The van der Waals surface area contributed by atoms with Gasteiger partial charge in [-0.3, -0.25) is 4.79 Å². The first-order valence-corrected chi connectivity index (χ1v) is 8.16. The van der Waals surface area contributed by atoms with E-state index >= 15 is 0 Å². The van der Waals surface area contributed by atoms with Crippen molar-refractivity contribution in [3.05, 3.63) is 84.9 Å². The van der Waals surface area contributed by atoms with Crippen LogP contribution < -0.4 is 15.4 Å². The van der Waals surface area contributed by atoms with Crippen LogP contribution in [-0.2, 0) is 4.79 Å². The number of carbonyl (C=O) groups excluding carboxylic acids is 1. The highest BCUT2D eigenvalue weighted by molar-refractivity contribution is 6.46. The van der Waals surface area contributed by atoms with E-state index in [1.54, 1.807) is 31.4 Å². The second-order valence-corrected chi connectivity index (χ2v) is 5.47. The van der Waals surface area contributed by atoms with Gasteiger partial charge >= 0.3 is 0 Å². The standard InChI is InChI=1S/C21H19N3O2/c1-26-19-14-12-18(13-15-19)23-20(22-16-8-4-2-5-9-16)21(25)24-17-10-6-3-7-11-17/h2-15H,1H3,(H,22,23)(H,24,25). The van der Waals surface area contributed by atoms with Crippen molar-refractivity contribution in [1.82, 2.24) is 0 Å². The fourth-order valence-electron chi connectivity index (χ4n) is 2.29. The molecule has 0 radical (unpaired) electrons. The van der Waals surface area contributed by atoms with Crippen molar-refractivity contribution in [3.8, 4) is 5.75 Å². The molecule has 5 heteroatoms. The summed E-state index contributed by atoms with van der Waals surface area (Å²) in [5, 5.41) is 5.93. The Labute approximate surface area is 152 Å². The maximum absolute atomic E-state index is 12.7. The Kier molecular flexibility index (Phi) is 5.62. The predicted octanol–water partition coefficient (Wildman–Crippen LogP) is 4.48. The Bertz CT molecular complexity index is 876. The molecule has 0 unspecified atom stereocenters. The first-order chi connectivity index (χ1) is 12.7. The van der Waals surface area contributed by atoms with E-state index in [4.69, 9.17) is 4.74 Å². The highest BCUT2D eigenvalue weighted by atomic mass is 16.5. The molecular formula is C21H19N3O2. The average molecular weight is 345 g/mol.